The second-order valence-corrected chi connectivity index (χ2v) is 5.42. The van der Waals surface area contributed by atoms with E-state index in [1.54, 1.807) is 0 Å². The Kier molecular flexibility index (Phi) is 6.44. The summed E-state index contributed by atoms with van der Waals surface area (Å²) in [5.41, 5.74) is 1.19. The minimum absolute atomic E-state index is 0.549. The number of nitrogens with zero attached hydrogens (tertiary/aromatic N) is 2. The van der Waals surface area contributed by atoms with E-state index in [9.17, 15) is 0 Å². The number of hydrogen-bond acceptors (Lipinski definition) is 2. The molecule has 4 nitrogen and oxygen atoms in total. The van der Waals surface area contributed by atoms with Crippen LogP contribution < -0.4 is 4.57 Å². The maximum Gasteiger partial charge on any atom is 0.247 e. The molecule has 0 spiro atoms. The van der Waals surface area contributed by atoms with Gasteiger partial charge in [0.05, 0.1) is 13.2 Å². The summed E-state index contributed by atoms with van der Waals surface area (Å²) in [6, 6.07) is 10.2. The molecule has 0 saturated heterocycles. The molecule has 1 heterocycles. The number of aromatic nitrogens is 2. The molecule has 0 aliphatic heterocycles. The summed E-state index contributed by atoms with van der Waals surface area (Å²) in [6.07, 6.45) is 7.15. The van der Waals surface area contributed by atoms with Crippen LogP contribution in [-0.2, 0) is 29.5 Å². The van der Waals surface area contributed by atoms with E-state index in [4.69, 9.17) is 9.47 Å². The van der Waals surface area contributed by atoms with Crippen LogP contribution >= 0.6 is 0 Å². The Morgan fingerprint density at radius 1 is 1.19 bits per heavy atom. The smallest absolute Gasteiger partial charge is 0.247 e. The van der Waals surface area contributed by atoms with Gasteiger partial charge < -0.3 is 9.47 Å². The van der Waals surface area contributed by atoms with Gasteiger partial charge in [-0.25, -0.2) is 9.13 Å². The highest BCUT2D eigenvalue weighted by atomic mass is 16.5. The van der Waals surface area contributed by atoms with Crippen LogP contribution in [0.15, 0.2) is 49.1 Å². The fourth-order valence-electron chi connectivity index (χ4n) is 1.91. The molecule has 114 valence electrons. The minimum atomic E-state index is 0.549. The summed E-state index contributed by atoms with van der Waals surface area (Å²) in [4.78, 5) is 0. The maximum absolute atomic E-state index is 5.69. The van der Waals surface area contributed by atoms with E-state index < -0.39 is 0 Å². The molecule has 4 heteroatoms. The summed E-state index contributed by atoms with van der Waals surface area (Å²) in [5, 5.41) is 0. The molecule has 1 atom stereocenters. The summed E-state index contributed by atoms with van der Waals surface area (Å²) in [6.45, 7) is 6.96. The second-order valence-electron chi connectivity index (χ2n) is 5.42. The van der Waals surface area contributed by atoms with Gasteiger partial charge in [-0.05, 0) is 11.5 Å². The molecule has 0 amide bonds. The van der Waals surface area contributed by atoms with Crippen LogP contribution in [0.3, 0.4) is 0 Å². The molecule has 0 aliphatic carbocycles. The first-order chi connectivity index (χ1) is 10.3. The van der Waals surface area contributed by atoms with E-state index in [0.717, 1.165) is 13.0 Å². The monoisotopic (exact) mass is 289 g/mol. The molecule has 0 aliphatic rings. The Morgan fingerprint density at radius 3 is 2.76 bits per heavy atom. The van der Waals surface area contributed by atoms with Gasteiger partial charge in [-0.3, -0.25) is 0 Å². The molecular weight excluding hydrogens is 264 g/mol. The molecular formula is C17H25N2O2+. The third-order valence-electron chi connectivity index (χ3n) is 3.44. The minimum Gasteiger partial charge on any atom is -0.341 e. The van der Waals surface area contributed by atoms with Crippen molar-refractivity contribution in [3.05, 3.63) is 54.6 Å². The Labute approximate surface area is 126 Å². The number of imidazole rings is 1. The van der Waals surface area contributed by atoms with Crippen molar-refractivity contribution >= 4 is 0 Å². The Bertz CT molecular complexity index is 511. The highest BCUT2D eigenvalue weighted by Gasteiger charge is 2.05. The van der Waals surface area contributed by atoms with E-state index >= 15 is 0 Å². The average Bonchev–Trinajstić information content (AvgIpc) is 2.96. The summed E-state index contributed by atoms with van der Waals surface area (Å²) < 4.78 is 15.4. The van der Waals surface area contributed by atoms with Gasteiger partial charge in [-0.1, -0.05) is 50.6 Å². The zero-order valence-electron chi connectivity index (χ0n) is 12.9. The third kappa shape index (κ3) is 5.69. The van der Waals surface area contributed by atoms with Crippen LogP contribution in [0.2, 0.25) is 0 Å². The van der Waals surface area contributed by atoms with Gasteiger partial charge >= 0.3 is 0 Å². The predicted molar refractivity (Wildman–Crippen MR) is 81.3 cm³/mol. The fraction of sp³-hybridized carbons (Fsp3) is 0.471. The van der Waals surface area contributed by atoms with Crippen molar-refractivity contribution in [2.24, 2.45) is 5.92 Å². The van der Waals surface area contributed by atoms with Crippen molar-refractivity contribution in [3.63, 3.8) is 0 Å². The molecule has 1 aromatic carbocycles. The molecule has 1 aromatic heterocycles. The second kappa shape index (κ2) is 8.60. The normalized spacial score (nSPS) is 12.5. The average molecular weight is 289 g/mol. The molecule has 0 unspecified atom stereocenters. The van der Waals surface area contributed by atoms with Crippen LogP contribution in [-0.4, -0.2) is 11.2 Å². The van der Waals surface area contributed by atoms with E-state index in [1.165, 1.54) is 5.56 Å². The number of ether oxygens (including phenoxy) is 2. The lowest BCUT2D eigenvalue weighted by molar-refractivity contribution is -0.733. The summed E-state index contributed by atoms with van der Waals surface area (Å²) >= 11 is 0. The van der Waals surface area contributed by atoms with Crippen LogP contribution in [0.1, 0.15) is 25.8 Å². The largest absolute Gasteiger partial charge is 0.341 e. The van der Waals surface area contributed by atoms with Gasteiger partial charge in [0.1, 0.15) is 12.4 Å². The van der Waals surface area contributed by atoms with Crippen molar-refractivity contribution in [1.29, 1.82) is 0 Å². The highest BCUT2D eigenvalue weighted by molar-refractivity contribution is 5.13. The first-order valence-corrected chi connectivity index (χ1v) is 7.52. The molecule has 0 fully saturated rings. The first kappa shape index (κ1) is 15.7. The molecule has 2 aromatic rings. The van der Waals surface area contributed by atoms with Gasteiger partial charge in [0.2, 0.25) is 6.33 Å². The summed E-state index contributed by atoms with van der Waals surface area (Å²) in [5.74, 6) is 0.613. The Hall–Kier alpha value is -1.65. The lowest BCUT2D eigenvalue weighted by atomic mass is 10.1. The van der Waals surface area contributed by atoms with E-state index in [2.05, 4.69) is 26.0 Å². The molecule has 0 N–H and O–H groups in total. The van der Waals surface area contributed by atoms with Crippen LogP contribution in [0, 0.1) is 5.92 Å². The third-order valence-corrected chi connectivity index (χ3v) is 3.44. The molecule has 2 rings (SSSR count). The number of benzene rings is 1. The summed E-state index contributed by atoms with van der Waals surface area (Å²) in [7, 11) is 0. The molecule has 0 radical (unpaired) electrons. The number of rotatable bonds is 9. The maximum atomic E-state index is 5.69. The number of hydrogen-bond donors (Lipinski definition) is 0. The van der Waals surface area contributed by atoms with Crippen molar-refractivity contribution in [1.82, 2.24) is 4.57 Å². The van der Waals surface area contributed by atoms with E-state index in [0.29, 0.717) is 26.0 Å². The lowest BCUT2D eigenvalue weighted by Crippen LogP contribution is -2.32. The van der Waals surface area contributed by atoms with E-state index in [1.807, 2.05) is 46.1 Å². The van der Waals surface area contributed by atoms with E-state index in [-0.39, 0.29) is 0 Å². The van der Waals surface area contributed by atoms with Gasteiger partial charge in [0.15, 0.2) is 13.5 Å². The SMILES string of the molecule is CC[C@@H](C)COCn1cc[n+](COCc2ccccc2)c1. The lowest BCUT2D eigenvalue weighted by Gasteiger charge is -2.07. The molecule has 21 heavy (non-hydrogen) atoms. The molecule has 0 bridgehead atoms. The molecule has 0 saturated carbocycles. The topological polar surface area (TPSA) is 27.3 Å². The fourth-order valence-corrected chi connectivity index (χ4v) is 1.91. The van der Waals surface area contributed by atoms with Crippen molar-refractivity contribution in [2.75, 3.05) is 6.61 Å². The van der Waals surface area contributed by atoms with Crippen LogP contribution in [0.4, 0.5) is 0 Å². The quantitative estimate of drug-likeness (QED) is 0.664. The van der Waals surface area contributed by atoms with Crippen molar-refractivity contribution < 1.29 is 14.0 Å². The van der Waals surface area contributed by atoms with Gasteiger partial charge in [-0.2, -0.15) is 0 Å². The van der Waals surface area contributed by atoms with Gasteiger partial charge in [0, 0.05) is 0 Å². The van der Waals surface area contributed by atoms with Crippen LogP contribution in [0.25, 0.3) is 0 Å². The standard InChI is InChI=1S/C17H25N2O2/c1-3-16(2)11-20-14-18-9-10-19(13-18)15-21-12-17-7-5-4-6-8-17/h4-10,13,16H,3,11-12,14-15H2,1-2H3/q+1/t16-/m1/s1. The first-order valence-electron chi connectivity index (χ1n) is 7.52. The van der Waals surface area contributed by atoms with Crippen molar-refractivity contribution in [3.8, 4) is 0 Å². The highest BCUT2D eigenvalue weighted by Crippen LogP contribution is 2.02. The Morgan fingerprint density at radius 2 is 2.00 bits per heavy atom. The zero-order valence-corrected chi connectivity index (χ0v) is 12.9. The van der Waals surface area contributed by atoms with Crippen molar-refractivity contribution in [2.45, 2.75) is 40.3 Å². The predicted octanol–water partition coefficient (Wildman–Crippen LogP) is 2.97. The van der Waals surface area contributed by atoms with Crippen LogP contribution in [0.5, 0.6) is 0 Å². The van der Waals surface area contributed by atoms with Gasteiger partial charge in [-0.15, -0.1) is 0 Å². The van der Waals surface area contributed by atoms with Gasteiger partial charge in [0.25, 0.3) is 0 Å². The zero-order chi connectivity index (χ0) is 14.9. The Balaban J connectivity index is 1.68.